The van der Waals surface area contributed by atoms with Gasteiger partial charge >= 0.3 is 0 Å². The first-order valence-electron chi connectivity index (χ1n) is 7.70. The van der Waals surface area contributed by atoms with E-state index in [0.29, 0.717) is 17.0 Å². The van der Waals surface area contributed by atoms with Gasteiger partial charge in [-0.05, 0) is 53.6 Å². The summed E-state index contributed by atoms with van der Waals surface area (Å²) in [7, 11) is 0. The van der Waals surface area contributed by atoms with E-state index in [1.807, 2.05) is 31.2 Å². The number of carbonyl (C=O) groups excluding carboxylic acids is 3. The van der Waals surface area contributed by atoms with Crippen molar-refractivity contribution in [1.82, 2.24) is 10.6 Å². The Morgan fingerprint density at radius 3 is 2.48 bits per heavy atom. The van der Waals surface area contributed by atoms with Crippen LogP contribution in [0.15, 0.2) is 53.4 Å². The third-order valence-corrected chi connectivity index (χ3v) is 4.62. The quantitative estimate of drug-likeness (QED) is 0.828. The first-order valence-corrected chi connectivity index (χ1v) is 8.52. The molecule has 6 heteroatoms. The van der Waals surface area contributed by atoms with Gasteiger partial charge in [-0.2, -0.15) is 0 Å². The van der Waals surface area contributed by atoms with Crippen molar-refractivity contribution < 1.29 is 14.4 Å². The summed E-state index contributed by atoms with van der Waals surface area (Å²) < 4.78 is 0. The topological polar surface area (TPSA) is 75.3 Å². The number of amides is 3. The van der Waals surface area contributed by atoms with Gasteiger partial charge in [0.25, 0.3) is 17.1 Å². The normalized spacial score (nSPS) is 15.3. The van der Waals surface area contributed by atoms with Crippen LogP contribution in [0.1, 0.15) is 27.0 Å². The predicted octanol–water partition coefficient (Wildman–Crippen LogP) is 3.25. The third kappa shape index (κ3) is 4.16. The fourth-order valence-corrected chi connectivity index (χ4v) is 3.07. The van der Waals surface area contributed by atoms with Gasteiger partial charge in [0.05, 0.1) is 4.91 Å². The molecule has 126 valence electrons. The summed E-state index contributed by atoms with van der Waals surface area (Å²) in [5.41, 5.74) is 3.50. The molecule has 3 rings (SSSR count). The lowest BCUT2D eigenvalue weighted by molar-refractivity contribution is -0.115. The highest BCUT2D eigenvalue weighted by Crippen LogP contribution is 2.25. The zero-order chi connectivity index (χ0) is 17.8. The zero-order valence-corrected chi connectivity index (χ0v) is 14.4. The summed E-state index contributed by atoms with van der Waals surface area (Å²) in [4.78, 5) is 35.3. The standard InChI is InChI=1S/C19H16N2O3S/c1-12-4-2-3-5-15(12)11-20-17(22)14-8-6-13(7-9-14)10-16-18(23)21-19(24)25-16/h2-10H,11H2,1H3,(H,20,22)(H,21,23,24)/b16-10-. The number of benzene rings is 2. The third-order valence-electron chi connectivity index (χ3n) is 3.81. The molecule has 1 heterocycles. The van der Waals surface area contributed by atoms with Crippen molar-refractivity contribution >= 4 is 34.9 Å². The molecule has 0 unspecified atom stereocenters. The summed E-state index contributed by atoms with van der Waals surface area (Å²) in [6.45, 7) is 2.47. The molecule has 2 aromatic rings. The number of carbonyl (C=O) groups is 3. The maximum atomic E-state index is 12.2. The number of hydrogen-bond donors (Lipinski definition) is 2. The number of rotatable bonds is 4. The number of thioether (sulfide) groups is 1. The smallest absolute Gasteiger partial charge is 0.290 e. The van der Waals surface area contributed by atoms with E-state index >= 15 is 0 Å². The molecule has 1 fully saturated rings. The highest BCUT2D eigenvalue weighted by Gasteiger charge is 2.24. The van der Waals surface area contributed by atoms with E-state index in [1.165, 1.54) is 0 Å². The summed E-state index contributed by atoms with van der Waals surface area (Å²) >= 11 is 0.868. The zero-order valence-electron chi connectivity index (χ0n) is 13.5. The van der Waals surface area contributed by atoms with Crippen molar-refractivity contribution in [2.75, 3.05) is 0 Å². The summed E-state index contributed by atoms with van der Waals surface area (Å²) in [5, 5.41) is 4.73. The predicted molar refractivity (Wildman–Crippen MR) is 97.9 cm³/mol. The molecule has 0 bridgehead atoms. The number of imide groups is 1. The van der Waals surface area contributed by atoms with Crippen molar-refractivity contribution in [3.05, 3.63) is 75.7 Å². The van der Waals surface area contributed by atoms with Crippen molar-refractivity contribution in [2.24, 2.45) is 0 Å². The average Bonchev–Trinajstić information content (AvgIpc) is 2.92. The number of hydrogen-bond acceptors (Lipinski definition) is 4. The van der Waals surface area contributed by atoms with Crippen LogP contribution in [0.25, 0.3) is 6.08 Å². The fourth-order valence-electron chi connectivity index (χ4n) is 2.39. The van der Waals surface area contributed by atoms with Crippen LogP contribution >= 0.6 is 11.8 Å². The average molecular weight is 352 g/mol. The number of nitrogens with one attached hydrogen (secondary N) is 2. The van der Waals surface area contributed by atoms with Gasteiger partial charge in [-0.15, -0.1) is 0 Å². The van der Waals surface area contributed by atoms with Crippen LogP contribution < -0.4 is 10.6 Å². The Labute approximate surface area is 149 Å². The summed E-state index contributed by atoms with van der Waals surface area (Å²) in [6, 6.07) is 14.8. The Morgan fingerprint density at radius 1 is 1.12 bits per heavy atom. The fraction of sp³-hybridized carbons (Fsp3) is 0.105. The van der Waals surface area contributed by atoms with Gasteiger partial charge in [0.2, 0.25) is 0 Å². The molecular weight excluding hydrogens is 336 g/mol. The van der Waals surface area contributed by atoms with Crippen molar-refractivity contribution in [3.8, 4) is 0 Å². The minimum atomic E-state index is -0.393. The molecule has 5 nitrogen and oxygen atoms in total. The van der Waals surface area contributed by atoms with E-state index in [2.05, 4.69) is 10.6 Å². The van der Waals surface area contributed by atoms with Crippen LogP contribution in [0.4, 0.5) is 4.79 Å². The maximum Gasteiger partial charge on any atom is 0.290 e. The maximum absolute atomic E-state index is 12.2. The van der Waals surface area contributed by atoms with Gasteiger partial charge in [-0.3, -0.25) is 19.7 Å². The molecule has 0 aliphatic carbocycles. The van der Waals surface area contributed by atoms with E-state index in [0.717, 1.165) is 28.5 Å². The van der Waals surface area contributed by atoms with Crippen LogP contribution in [0, 0.1) is 6.92 Å². The second-order valence-electron chi connectivity index (χ2n) is 5.58. The molecule has 0 atom stereocenters. The molecule has 3 amide bonds. The van der Waals surface area contributed by atoms with Crippen molar-refractivity contribution in [3.63, 3.8) is 0 Å². The molecule has 0 spiro atoms. The molecular formula is C19H16N2O3S. The SMILES string of the molecule is Cc1ccccc1CNC(=O)c1ccc(/C=C2\SC(=O)NC2=O)cc1. The van der Waals surface area contributed by atoms with Gasteiger partial charge < -0.3 is 5.32 Å². The molecule has 1 aliphatic rings. The Morgan fingerprint density at radius 2 is 1.84 bits per heavy atom. The van der Waals surface area contributed by atoms with Crippen molar-refractivity contribution in [1.29, 1.82) is 0 Å². The largest absolute Gasteiger partial charge is 0.348 e. The second kappa shape index (κ2) is 7.36. The van der Waals surface area contributed by atoms with Crippen LogP contribution in [-0.4, -0.2) is 17.1 Å². The van der Waals surface area contributed by atoms with E-state index in [1.54, 1.807) is 30.3 Å². The molecule has 1 aliphatic heterocycles. The Hall–Kier alpha value is -2.86. The van der Waals surface area contributed by atoms with E-state index in [4.69, 9.17) is 0 Å². The first kappa shape index (κ1) is 17.0. The first-order chi connectivity index (χ1) is 12.0. The van der Waals surface area contributed by atoms with Gasteiger partial charge in [0.1, 0.15) is 0 Å². The van der Waals surface area contributed by atoms with Gasteiger partial charge in [0, 0.05) is 12.1 Å². The molecule has 0 radical (unpaired) electrons. The number of aryl methyl sites for hydroxylation is 1. The molecule has 25 heavy (non-hydrogen) atoms. The van der Waals surface area contributed by atoms with Crippen molar-refractivity contribution in [2.45, 2.75) is 13.5 Å². The van der Waals surface area contributed by atoms with Gasteiger partial charge in [0.15, 0.2) is 0 Å². The molecule has 0 aromatic heterocycles. The van der Waals surface area contributed by atoms with Gasteiger partial charge in [-0.25, -0.2) is 0 Å². The van der Waals surface area contributed by atoms with Crippen LogP contribution in [0.2, 0.25) is 0 Å². The summed E-state index contributed by atoms with van der Waals surface area (Å²) in [6.07, 6.45) is 1.62. The van der Waals surface area contributed by atoms with Crippen LogP contribution in [-0.2, 0) is 11.3 Å². The molecule has 2 N–H and O–H groups in total. The second-order valence-corrected chi connectivity index (χ2v) is 6.60. The van der Waals surface area contributed by atoms with E-state index in [9.17, 15) is 14.4 Å². The minimum Gasteiger partial charge on any atom is -0.348 e. The Balaban J connectivity index is 1.65. The lowest BCUT2D eigenvalue weighted by atomic mass is 10.1. The van der Waals surface area contributed by atoms with E-state index in [-0.39, 0.29) is 11.1 Å². The highest BCUT2D eigenvalue weighted by molar-refractivity contribution is 8.18. The monoisotopic (exact) mass is 352 g/mol. The van der Waals surface area contributed by atoms with Gasteiger partial charge in [-0.1, -0.05) is 36.4 Å². The Kier molecular flexibility index (Phi) is 5.00. The van der Waals surface area contributed by atoms with Crippen LogP contribution in [0.3, 0.4) is 0 Å². The summed E-state index contributed by atoms with van der Waals surface area (Å²) in [5.74, 6) is -0.555. The minimum absolute atomic E-state index is 0.161. The lowest BCUT2D eigenvalue weighted by Crippen LogP contribution is -2.23. The molecule has 0 saturated carbocycles. The Bertz CT molecular complexity index is 872. The van der Waals surface area contributed by atoms with E-state index < -0.39 is 5.91 Å². The molecule has 2 aromatic carbocycles. The highest BCUT2D eigenvalue weighted by atomic mass is 32.2. The lowest BCUT2D eigenvalue weighted by Gasteiger charge is -2.08. The molecule has 1 saturated heterocycles. The van der Waals surface area contributed by atoms with Crippen LogP contribution in [0.5, 0.6) is 0 Å².